The molecule has 0 spiro atoms. The van der Waals surface area contributed by atoms with Crippen LogP contribution in [-0.2, 0) is 5.41 Å². The van der Waals surface area contributed by atoms with E-state index in [2.05, 4.69) is 124 Å². The Hall–Kier alpha value is -6.64. The molecule has 0 saturated carbocycles. The molecule has 0 N–H and O–H groups in total. The van der Waals surface area contributed by atoms with Gasteiger partial charge in [-0.1, -0.05) is 135 Å². The lowest BCUT2D eigenvalue weighted by molar-refractivity contribution is 0.660. The third kappa shape index (κ3) is 3.82. The molecule has 11 aromatic rings. The van der Waals surface area contributed by atoms with Crippen LogP contribution in [0.3, 0.4) is 0 Å². The molecule has 0 saturated heterocycles. The van der Waals surface area contributed by atoms with Crippen molar-refractivity contribution < 1.29 is 8.22 Å². The highest BCUT2D eigenvalue weighted by Crippen LogP contribution is 2.49. The van der Waals surface area contributed by atoms with Gasteiger partial charge in [0.25, 0.3) is 0 Å². The first-order chi connectivity index (χ1) is 28.5. The van der Waals surface area contributed by atoms with Crippen LogP contribution in [0.25, 0.3) is 99.0 Å². The Labute approximate surface area is 315 Å². The summed E-state index contributed by atoms with van der Waals surface area (Å²) in [4.78, 5) is 0. The molecule has 0 fully saturated rings. The molecule has 3 aromatic heterocycles. The summed E-state index contributed by atoms with van der Waals surface area (Å²) >= 11 is 0. The van der Waals surface area contributed by atoms with Crippen molar-refractivity contribution in [3.63, 3.8) is 0 Å². The van der Waals surface area contributed by atoms with Crippen molar-refractivity contribution in [1.29, 1.82) is 0 Å². The molecule has 0 radical (unpaired) electrons. The van der Waals surface area contributed by atoms with Crippen molar-refractivity contribution in [2.45, 2.75) is 19.1 Å². The van der Waals surface area contributed by atoms with Crippen LogP contribution < -0.4 is 0 Å². The third-order valence-electron chi connectivity index (χ3n) is 11.7. The monoisotopic (exact) mass is 680 g/mol. The maximum Gasteiger partial charge on any atom is 0.0620 e. The van der Waals surface area contributed by atoms with Crippen molar-refractivity contribution in [3.05, 3.63) is 181 Å². The number of fused-ring (bicyclic) bond motifs is 12. The summed E-state index contributed by atoms with van der Waals surface area (Å²) in [7, 11) is 0. The van der Waals surface area contributed by atoms with Gasteiger partial charge in [-0.3, -0.25) is 0 Å². The minimum absolute atomic E-state index is 0.306. The number of hydrogen-bond acceptors (Lipinski definition) is 0. The minimum Gasteiger partial charge on any atom is -0.309 e. The SMILES string of the molecule is [2H]C([2H])([2H])C1(C([2H])([2H])[2H])c2ccccc2-c2ccc(-n3c4ccccc4c4cc(-c5cccc(-c6ccc7c8cccc9c%10ccccc%10n(c7c6)c98)c5)ccc43)cc21. The first-order valence-electron chi connectivity index (χ1n) is 21.1. The maximum absolute atomic E-state index is 8.75. The highest BCUT2D eigenvalue weighted by atomic mass is 15.0. The van der Waals surface area contributed by atoms with Gasteiger partial charge in [0.05, 0.1) is 27.6 Å². The summed E-state index contributed by atoms with van der Waals surface area (Å²) in [5.74, 6) is 0. The minimum atomic E-state index is -2.84. The molecule has 0 atom stereocenters. The zero-order valence-corrected chi connectivity index (χ0v) is 28.6. The number of rotatable bonds is 3. The Balaban J connectivity index is 1.00. The number of aromatic nitrogens is 2. The van der Waals surface area contributed by atoms with Gasteiger partial charge in [0, 0.05) is 51.6 Å². The molecule has 0 unspecified atom stereocenters. The van der Waals surface area contributed by atoms with Crippen LogP contribution in [0, 0.1) is 0 Å². The van der Waals surface area contributed by atoms with Crippen LogP contribution in [0.15, 0.2) is 170 Å². The van der Waals surface area contributed by atoms with Gasteiger partial charge in [-0.25, -0.2) is 0 Å². The van der Waals surface area contributed by atoms with Crippen LogP contribution in [0.4, 0.5) is 0 Å². The second kappa shape index (κ2) is 10.2. The fourth-order valence-electron chi connectivity index (χ4n) is 9.33. The van der Waals surface area contributed by atoms with Crippen LogP contribution in [0.2, 0.25) is 0 Å². The zero-order valence-electron chi connectivity index (χ0n) is 34.6. The van der Waals surface area contributed by atoms with Gasteiger partial charge in [-0.15, -0.1) is 0 Å². The maximum atomic E-state index is 8.75. The normalized spacial score (nSPS) is 15.8. The third-order valence-corrected chi connectivity index (χ3v) is 11.7. The second-order valence-corrected chi connectivity index (χ2v) is 14.5. The molecule has 2 heteroatoms. The first kappa shape index (κ1) is 23.8. The predicted molar refractivity (Wildman–Crippen MR) is 224 cm³/mol. The number of para-hydroxylation sites is 3. The molecule has 53 heavy (non-hydrogen) atoms. The van der Waals surface area contributed by atoms with Crippen molar-refractivity contribution in [1.82, 2.24) is 8.97 Å². The lowest BCUT2D eigenvalue weighted by atomic mass is 9.82. The molecule has 2 nitrogen and oxygen atoms in total. The van der Waals surface area contributed by atoms with E-state index in [9.17, 15) is 0 Å². The molecular formula is C51H34N2. The lowest BCUT2D eigenvalue weighted by Crippen LogP contribution is -2.15. The van der Waals surface area contributed by atoms with Gasteiger partial charge in [0.2, 0.25) is 0 Å². The molecule has 0 aliphatic heterocycles. The van der Waals surface area contributed by atoms with Gasteiger partial charge in [0.1, 0.15) is 0 Å². The summed E-state index contributed by atoms with van der Waals surface area (Å²) in [6, 6.07) is 58.1. The molecule has 1 aliphatic rings. The Morgan fingerprint density at radius 3 is 1.83 bits per heavy atom. The number of benzene rings is 8. The van der Waals surface area contributed by atoms with Gasteiger partial charge in [-0.2, -0.15) is 0 Å². The molecule has 1 aliphatic carbocycles. The standard InChI is InChI=1S/C51H34N2/c1-51(2)44-18-6-3-13-36(44)37-25-23-35(30-45(37)51)52-46-19-7-5-15-39(46)43-28-33(22-26-48(43)52)31-11-9-12-32(27-31)34-21-24-40-42-17-10-16-41-38-14-4-8-20-47(38)53(50(41)42)49(40)29-34/h3-30H,1-2H3/i1D3,2D3. The Morgan fingerprint density at radius 2 is 1.00 bits per heavy atom. The molecule has 8 aromatic carbocycles. The molecule has 0 bridgehead atoms. The molecule has 3 heterocycles. The van der Waals surface area contributed by atoms with Crippen LogP contribution in [-0.4, -0.2) is 8.97 Å². The first-order valence-corrected chi connectivity index (χ1v) is 18.1. The van der Waals surface area contributed by atoms with Gasteiger partial charge >= 0.3 is 0 Å². The molecule has 0 amide bonds. The lowest BCUT2D eigenvalue weighted by Gasteiger charge is -2.22. The largest absolute Gasteiger partial charge is 0.309 e. The van der Waals surface area contributed by atoms with Crippen LogP contribution in [0.1, 0.15) is 33.1 Å². The fourth-order valence-corrected chi connectivity index (χ4v) is 9.33. The fraction of sp³-hybridized carbons (Fsp3) is 0.0588. The molecule has 12 rings (SSSR count). The van der Waals surface area contributed by atoms with E-state index in [4.69, 9.17) is 8.22 Å². The van der Waals surface area contributed by atoms with Gasteiger partial charge < -0.3 is 8.97 Å². The zero-order chi connectivity index (χ0) is 40.0. The summed E-state index contributed by atoms with van der Waals surface area (Å²) in [6.45, 7) is -5.67. The van der Waals surface area contributed by atoms with E-state index in [-0.39, 0.29) is 0 Å². The van der Waals surface area contributed by atoms with E-state index in [0.717, 1.165) is 44.1 Å². The van der Waals surface area contributed by atoms with E-state index in [1.54, 1.807) is 18.2 Å². The molecular weight excluding hydrogens is 641 g/mol. The van der Waals surface area contributed by atoms with Crippen LogP contribution >= 0.6 is 0 Å². The number of hydrogen-bond donors (Lipinski definition) is 0. The van der Waals surface area contributed by atoms with Gasteiger partial charge in [-0.05, 0) is 93.0 Å². The Morgan fingerprint density at radius 1 is 0.396 bits per heavy atom. The predicted octanol–water partition coefficient (Wildman–Crippen LogP) is 13.6. The van der Waals surface area contributed by atoms with E-state index >= 15 is 0 Å². The second-order valence-electron chi connectivity index (χ2n) is 14.5. The van der Waals surface area contributed by atoms with Crippen molar-refractivity contribution in [3.8, 4) is 39.1 Å². The van der Waals surface area contributed by atoms with Crippen molar-refractivity contribution in [2.24, 2.45) is 0 Å². The highest BCUT2D eigenvalue weighted by Gasteiger charge is 2.35. The average molecular weight is 681 g/mol. The summed E-state index contributed by atoms with van der Waals surface area (Å²) in [6.07, 6.45) is 0. The van der Waals surface area contributed by atoms with Gasteiger partial charge in [0.15, 0.2) is 0 Å². The van der Waals surface area contributed by atoms with Crippen molar-refractivity contribution >= 4 is 59.9 Å². The number of nitrogens with zero attached hydrogens (tertiary/aromatic N) is 2. The quantitative estimate of drug-likeness (QED) is 0.176. The summed E-state index contributed by atoms with van der Waals surface area (Å²) < 4.78 is 57.0. The summed E-state index contributed by atoms with van der Waals surface area (Å²) in [5, 5.41) is 7.14. The Bertz CT molecular complexity index is 3530. The van der Waals surface area contributed by atoms with E-state index in [1.165, 1.54) is 38.1 Å². The van der Waals surface area contributed by atoms with E-state index < -0.39 is 19.1 Å². The molecule has 248 valence electrons. The summed E-state index contributed by atoms with van der Waals surface area (Å²) in [5.41, 5.74) is 10.4. The van der Waals surface area contributed by atoms with E-state index in [0.29, 0.717) is 27.9 Å². The smallest absolute Gasteiger partial charge is 0.0620 e. The Kier molecular flexibility index (Phi) is 4.59. The average Bonchev–Trinajstić information content (AvgIpc) is 3.96. The van der Waals surface area contributed by atoms with Crippen molar-refractivity contribution in [2.75, 3.05) is 0 Å². The highest BCUT2D eigenvalue weighted by molar-refractivity contribution is 6.23. The topological polar surface area (TPSA) is 9.34 Å². The van der Waals surface area contributed by atoms with Crippen LogP contribution in [0.5, 0.6) is 0 Å². The van der Waals surface area contributed by atoms with E-state index in [1.807, 2.05) is 36.4 Å².